The minimum Gasteiger partial charge on any atom is -0.458 e. The van der Waals surface area contributed by atoms with Crippen LogP contribution in [0.2, 0.25) is 10.0 Å². The van der Waals surface area contributed by atoms with Crippen molar-refractivity contribution in [2.45, 2.75) is 0 Å². The summed E-state index contributed by atoms with van der Waals surface area (Å²) in [6.45, 7) is 7.13. The Bertz CT molecular complexity index is 601. The molecule has 0 aliphatic heterocycles. The molecule has 22 heavy (non-hydrogen) atoms. The Hall–Kier alpha value is -1.98. The van der Waals surface area contributed by atoms with Gasteiger partial charge in [-0.1, -0.05) is 41.9 Å². The Balaban J connectivity index is 3.43. The van der Waals surface area contributed by atoms with Crippen molar-refractivity contribution in [3.8, 4) is 0 Å². The predicted octanol–water partition coefficient (Wildman–Crippen LogP) is 4.10. The van der Waals surface area contributed by atoms with E-state index in [1.165, 1.54) is 31.4 Å². The van der Waals surface area contributed by atoms with Crippen LogP contribution in [-0.2, 0) is 9.47 Å². The van der Waals surface area contributed by atoms with Crippen molar-refractivity contribution in [2.75, 3.05) is 25.2 Å². The molecule has 0 heterocycles. The normalized spacial score (nSPS) is 9.77. The van der Waals surface area contributed by atoms with Gasteiger partial charge in [0, 0.05) is 6.54 Å². The Morgan fingerprint density at radius 1 is 1.27 bits per heavy atom. The number of hydrogen-bond acceptors (Lipinski definition) is 4. The molecule has 0 fully saturated rings. The maximum absolute atomic E-state index is 12.1. The van der Waals surface area contributed by atoms with Gasteiger partial charge in [0.15, 0.2) is 0 Å². The highest BCUT2D eigenvalue weighted by Gasteiger charge is 2.26. The van der Waals surface area contributed by atoms with Gasteiger partial charge in [0.05, 0.1) is 28.4 Å². The van der Waals surface area contributed by atoms with Crippen molar-refractivity contribution in [3.05, 3.63) is 53.1 Å². The summed E-state index contributed by atoms with van der Waals surface area (Å²) in [7, 11) is 1.21. The average Bonchev–Trinajstić information content (AvgIpc) is 2.52. The second kappa shape index (κ2) is 8.46. The number of benzene rings is 1. The number of esters is 1. The van der Waals surface area contributed by atoms with Gasteiger partial charge in [-0.2, -0.15) is 0 Å². The average molecular weight is 344 g/mol. The highest BCUT2D eigenvalue weighted by atomic mass is 35.5. The maximum Gasteiger partial charge on any atom is 0.414 e. The molecule has 0 spiro atoms. The number of amides is 1. The summed E-state index contributed by atoms with van der Waals surface area (Å²) < 4.78 is 9.69. The van der Waals surface area contributed by atoms with Crippen LogP contribution in [0.3, 0.4) is 0 Å². The van der Waals surface area contributed by atoms with Crippen molar-refractivity contribution in [1.29, 1.82) is 0 Å². The number of nitrogens with zero attached hydrogens (tertiary/aromatic N) is 1. The largest absolute Gasteiger partial charge is 0.458 e. The standard InChI is InChI=1S/C15H15Cl2NO4/c1-4-8-18(15(20)21-3)13-10(14(19)22-9-5-2)6-7-11(16)12(13)17/h4-7H,1-2,8-9H2,3H3. The van der Waals surface area contributed by atoms with Crippen LogP contribution in [0.25, 0.3) is 0 Å². The Morgan fingerprint density at radius 3 is 2.50 bits per heavy atom. The molecule has 0 bridgehead atoms. The fourth-order valence-corrected chi connectivity index (χ4v) is 2.10. The molecule has 5 nitrogen and oxygen atoms in total. The topological polar surface area (TPSA) is 55.8 Å². The first-order valence-electron chi connectivity index (χ1n) is 6.20. The van der Waals surface area contributed by atoms with Gasteiger partial charge in [-0.05, 0) is 12.1 Å². The molecule has 7 heteroatoms. The van der Waals surface area contributed by atoms with E-state index in [2.05, 4.69) is 13.2 Å². The molecular weight excluding hydrogens is 329 g/mol. The van der Waals surface area contributed by atoms with Crippen LogP contribution < -0.4 is 4.90 Å². The molecule has 0 saturated heterocycles. The zero-order chi connectivity index (χ0) is 16.7. The predicted molar refractivity (Wildman–Crippen MR) is 86.9 cm³/mol. The Labute approximate surface area is 138 Å². The monoisotopic (exact) mass is 343 g/mol. The summed E-state index contributed by atoms with van der Waals surface area (Å²) in [5.74, 6) is -0.661. The summed E-state index contributed by atoms with van der Waals surface area (Å²) >= 11 is 12.1. The molecule has 0 saturated carbocycles. The fraction of sp³-hybridized carbons (Fsp3) is 0.200. The molecule has 0 N–H and O–H groups in total. The zero-order valence-corrected chi connectivity index (χ0v) is 13.5. The number of hydrogen-bond donors (Lipinski definition) is 0. The quantitative estimate of drug-likeness (QED) is 0.576. The van der Waals surface area contributed by atoms with Gasteiger partial charge in [-0.25, -0.2) is 9.59 Å². The van der Waals surface area contributed by atoms with Gasteiger partial charge in [0.1, 0.15) is 6.61 Å². The van der Waals surface area contributed by atoms with Crippen molar-refractivity contribution in [3.63, 3.8) is 0 Å². The van der Waals surface area contributed by atoms with E-state index < -0.39 is 12.1 Å². The first-order valence-corrected chi connectivity index (χ1v) is 6.95. The van der Waals surface area contributed by atoms with Gasteiger partial charge in [0.2, 0.25) is 0 Å². The van der Waals surface area contributed by atoms with Crippen LogP contribution in [0.1, 0.15) is 10.4 Å². The lowest BCUT2D eigenvalue weighted by Gasteiger charge is -2.23. The molecule has 0 atom stereocenters. The number of ether oxygens (including phenoxy) is 2. The SMILES string of the molecule is C=CCOC(=O)c1ccc(Cl)c(Cl)c1N(CC=C)C(=O)OC. The van der Waals surface area contributed by atoms with E-state index in [4.69, 9.17) is 32.7 Å². The van der Waals surface area contributed by atoms with E-state index in [0.29, 0.717) is 0 Å². The smallest absolute Gasteiger partial charge is 0.414 e. The number of anilines is 1. The van der Waals surface area contributed by atoms with Gasteiger partial charge < -0.3 is 9.47 Å². The molecule has 118 valence electrons. The number of rotatable bonds is 6. The third-order valence-corrected chi connectivity index (χ3v) is 3.39. The van der Waals surface area contributed by atoms with Gasteiger partial charge in [0.25, 0.3) is 0 Å². The number of halogens is 2. The highest BCUT2D eigenvalue weighted by Crippen LogP contribution is 2.36. The number of methoxy groups -OCH3 is 1. The first kappa shape index (κ1) is 18.1. The van der Waals surface area contributed by atoms with E-state index >= 15 is 0 Å². The molecule has 1 rings (SSSR count). The van der Waals surface area contributed by atoms with Crippen LogP contribution >= 0.6 is 23.2 Å². The summed E-state index contributed by atoms with van der Waals surface area (Å²) in [5, 5.41) is 0.233. The van der Waals surface area contributed by atoms with Crippen LogP contribution in [-0.4, -0.2) is 32.3 Å². The van der Waals surface area contributed by atoms with Gasteiger partial charge in [-0.15, -0.1) is 6.58 Å². The first-order chi connectivity index (χ1) is 10.5. The minimum atomic E-state index is -0.707. The van der Waals surface area contributed by atoms with Crippen LogP contribution in [0.15, 0.2) is 37.4 Å². The second-order valence-electron chi connectivity index (χ2n) is 4.01. The number of carbonyl (C=O) groups excluding carboxylic acids is 2. The number of carbonyl (C=O) groups is 2. The lowest BCUT2D eigenvalue weighted by atomic mass is 10.1. The second-order valence-corrected chi connectivity index (χ2v) is 4.80. The van der Waals surface area contributed by atoms with Crippen LogP contribution in [0.4, 0.5) is 10.5 Å². The molecule has 1 amide bonds. The van der Waals surface area contributed by atoms with Crippen LogP contribution in [0.5, 0.6) is 0 Å². The molecule has 0 aromatic heterocycles. The highest BCUT2D eigenvalue weighted by molar-refractivity contribution is 6.44. The Kier molecular flexibility index (Phi) is 6.95. The summed E-state index contributed by atoms with van der Waals surface area (Å²) in [6.07, 6.45) is 2.19. The van der Waals surface area contributed by atoms with E-state index in [-0.39, 0.29) is 34.4 Å². The molecule has 0 aliphatic rings. The van der Waals surface area contributed by atoms with Gasteiger partial charge >= 0.3 is 12.1 Å². The van der Waals surface area contributed by atoms with E-state index in [1.807, 2.05) is 0 Å². The fourth-order valence-electron chi connectivity index (χ4n) is 1.68. The van der Waals surface area contributed by atoms with Crippen molar-refractivity contribution in [1.82, 2.24) is 0 Å². The summed E-state index contributed by atoms with van der Waals surface area (Å²) in [5.41, 5.74) is 0.193. The lowest BCUT2D eigenvalue weighted by Crippen LogP contribution is -2.32. The molecule has 0 radical (unpaired) electrons. The molecule has 0 unspecified atom stereocenters. The van der Waals surface area contributed by atoms with E-state index in [1.54, 1.807) is 0 Å². The molecule has 0 aliphatic carbocycles. The lowest BCUT2D eigenvalue weighted by molar-refractivity contribution is 0.0550. The van der Waals surface area contributed by atoms with Gasteiger partial charge in [-0.3, -0.25) is 4.90 Å². The summed E-state index contributed by atoms with van der Waals surface area (Å²) in [4.78, 5) is 25.2. The zero-order valence-electron chi connectivity index (χ0n) is 12.0. The molecule has 1 aromatic carbocycles. The van der Waals surface area contributed by atoms with Crippen molar-refractivity contribution >= 4 is 41.0 Å². The molecule has 1 aromatic rings. The van der Waals surface area contributed by atoms with E-state index in [0.717, 1.165) is 4.90 Å². The van der Waals surface area contributed by atoms with Crippen molar-refractivity contribution < 1.29 is 19.1 Å². The molecular formula is C15H15Cl2NO4. The van der Waals surface area contributed by atoms with E-state index in [9.17, 15) is 9.59 Å². The maximum atomic E-state index is 12.1. The van der Waals surface area contributed by atoms with Crippen LogP contribution in [0, 0.1) is 0 Å². The summed E-state index contributed by atoms with van der Waals surface area (Å²) in [6, 6.07) is 2.87. The Morgan fingerprint density at radius 2 is 1.95 bits per heavy atom. The third kappa shape index (κ3) is 4.02. The van der Waals surface area contributed by atoms with Crippen molar-refractivity contribution in [2.24, 2.45) is 0 Å². The minimum absolute atomic E-state index is 0.0260. The third-order valence-electron chi connectivity index (χ3n) is 2.60.